The minimum absolute atomic E-state index is 0.327. The van der Waals surface area contributed by atoms with Gasteiger partial charge in [0, 0.05) is 13.1 Å². The van der Waals surface area contributed by atoms with Crippen LogP contribution in [0.4, 0.5) is 0 Å². The van der Waals surface area contributed by atoms with Crippen LogP contribution in [0.3, 0.4) is 0 Å². The number of carbonyl (C=O) groups is 1. The monoisotopic (exact) mass is 276 g/mol. The van der Waals surface area contributed by atoms with Gasteiger partial charge in [-0.2, -0.15) is 0 Å². The van der Waals surface area contributed by atoms with Crippen LogP contribution in [-0.4, -0.2) is 35.6 Å². The Morgan fingerprint density at radius 1 is 1.30 bits per heavy atom. The first-order valence-electron chi connectivity index (χ1n) is 7.35. The summed E-state index contributed by atoms with van der Waals surface area (Å²) < 4.78 is 0. The van der Waals surface area contributed by atoms with Gasteiger partial charge in [-0.05, 0) is 43.0 Å². The lowest BCUT2D eigenvalue weighted by atomic mass is 9.98. The third-order valence-corrected chi connectivity index (χ3v) is 4.01. The Labute approximate surface area is 120 Å². The first-order valence-corrected chi connectivity index (χ1v) is 7.35. The number of aliphatic hydroxyl groups excluding tert-OH is 1. The molecule has 2 rings (SSSR count). The average Bonchev–Trinajstić information content (AvgIpc) is 2.48. The molecule has 0 radical (unpaired) electrons. The fourth-order valence-corrected chi connectivity index (χ4v) is 2.59. The summed E-state index contributed by atoms with van der Waals surface area (Å²) in [4.78, 5) is 13.6. The van der Waals surface area contributed by atoms with E-state index in [1.807, 2.05) is 18.2 Å². The summed E-state index contributed by atoms with van der Waals surface area (Å²) >= 11 is 0. The number of piperidine rings is 1. The van der Waals surface area contributed by atoms with Crippen molar-refractivity contribution in [3.05, 3.63) is 35.4 Å². The molecular weight excluding hydrogens is 252 g/mol. The van der Waals surface area contributed by atoms with Crippen LogP contribution in [0.1, 0.15) is 30.9 Å². The zero-order valence-corrected chi connectivity index (χ0v) is 12.1. The number of nitrogens with one attached hydrogen (secondary N) is 1. The van der Waals surface area contributed by atoms with E-state index in [2.05, 4.69) is 23.2 Å². The van der Waals surface area contributed by atoms with Crippen LogP contribution in [-0.2, 0) is 17.9 Å². The van der Waals surface area contributed by atoms with Gasteiger partial charge in [0.1, 0.15) is 6.61 Å². The van der Waals surface area contributed by atoms with Crippen molar-refractivity contribution in [3.63, 3.8) is 0 Å². The van der Waals surface area contributed by atoms with Gasteiger partial charge in [0.15, 0.2) is 0 Å². The van der Waals surface area contributed by atoms with Crippen molar-refractivity contribution in [1.29, 1.82) is 0 Å². The molecule has 1 aliphatic rings. The van der Waals surface area contributed by atoms with Gasteiger partial charge in [0.25, 0.3) is 0 Å². The van der Waals surface area contributed by atoms with Crippen molar-refractivity contribution in [2.24, 2.45) is 5.92 Å². The van der Waals surface area contributed by atoms with Gasteiger partial charge >= 0.3 is 0 Å². The van der Waals surface area contributed by atoms with Crippen LogP contribution in [0.5, 0.6) is 0 Å². The molecule has 0 spiro atoms. The highest BCUT2D eigenvalue weighted by Crippen LogP contribution is 2.19. The Bertz CT molecular complexity index is 440. The molecule has 0 atom stereocenters. The van der Waals surface area contributed by atoms with Crippen molar-refractivity contribution in [2.75, 3.05) is 19.7 Å². The van der Waals surface area contributed by atoms with E-state index in [-0.39, 0.29) is 5.91 Å². The zero-order chi connectivity index (χ0) is 14.4. The van der Waals surface area contributed by atoms with Crippen LogP contribution in [0.25, 0.3) is 0 Å². The number of carbonyl (C=O) groups excluding carboxylic acids is 1. The van der Waals surface area contributed by atoms with Crippen LogP contribution >= 0.6 is 0 Å². The Morgan fingerprint density at radius 2 is 1.95 bits per heavy atom. The van der Waals surface area contributed by atoms with E-state index >= 15 is 0 Å². The highest BCUT2D eigenvalue weighted by Gasteiger charge is 2.16. The molecule has 1 aliphatic heterocycles. The second kappa shape index (κ2) is 7.41. The number of aliphatic hydroxyl groups is 1. The molecule has 0 aromatic heterocycles. The van der Waals surface area contributed by atoms with Crippen molar-refractivity contribution in [1.82, 2.24) is 10.2 Å². The van der Waals surface area contributed by atoms with Crippen molar-refractivity contribution in [2.45, 2.75) is 32.9 Å². The molecule has 1 fully saturated rings. The van der Waals surface area contributed by atoms with E-state index in [0.717, 1.165) is 31.1 Å². The van der Waals surface area contributed by atoms with E-state index in [4.69, 9.17) is 5.11 Å². The lowest BCUT2D eigenvalue weighted by molar-refractivity contribution is -0.123. The van der Waals surface area contributed by atoms with E-state index < -0.39 is 6.61 Å². The standard InChI is InChI=1S/C16H24N2O2/c1-13-6-8-18(9-7-13)11-15-5-3-2-4-14(15)10-17-16(20)12-19/h2-5,13,19H,6-12H2,1H3,(H,17,20). The molecule has 1 aromatic carbocycles. The fourth-order valence-electron chi connectivity index (χ4n) is 2.59. The van der Waals surface area contributed by atoms with Crippen LogP contribution in [0.15, 0.2) is 24.3 Å². The molecule has 1 aromatic rings. The van der Waals surface area contributed by atoms with E-state index in [1.165, 1.54) is 18.4 Å². The lowest BCUT2D eigenvalue weighted by Crippen LogP contribution is -2.33. The summed E-state index contributed by atoms with van der Waals surface area (Å²) in [6, 6.07) is 8.19. The largest absolute Gasteiger partial charge is 0.387 e. The molecular formula is C16H24N2O2. The fraction of sp³-hybridized carbons (Fsp3) is 0.562. The van der Waals surface area contributed by atoms with Gasteiger partial charge in [0.05, 0.1) is 0 Å². The predicted octanol–water partition coefficient (Wildman–Crippen LogP) is 1.53. The molecule has 2 N–H and O–H groups in total. The SMILES string of the molecule is CC1CCN(Cc2ccccc2CNC(=O)CO)CC1. The minimum Gasteiger partial charge on any atom is -0.387 e. The van der Waals surface area contributed by atoms with Crippen LogP contribution in [0, 0.1) is 5.92 Å². The highest BCUT2D eigenvalue weighted by molar-refractivity contribution is 5.76. The minimum atomic E-state index is -0.452. The number of nitrogens with zero attached hydrogens (tertiary/aromatic N) is 1. The van der Waals surface area contributed by atoms with Crippen molar-refractivity contribution in [3.8, 4) is 0 Å². The Morgan fingerprint density at radius 3 is 2.60 bits per heavy atom. The molecule has 20 heavy (non-hydrogen) atoms. The maximum Gasteiger partial charge on any atom is 0.245 e. The molecule has 0 unspecified atom stereocenters. The first-order chi connectivity index (χ1) is 9.69. The summed E-state index contributed by atoms with van der Waals surface area (Å²) in [6.07, 6.45) is 2.53. The molecule has 0 saturated carbocycles. The zero-order valence-electron chi connectivity index (χ0n) is 12.1. The summed E-state index contributed by atoms with van der Waals surface area (Å²) in [5.41, 5.74) is 2.40. The summed E-state index contributed by atoms with van der Waals surface area (Å²) in [5.74, 6) is 0.511. The molecule has 0 aliphatic carbocycles. The highest BCUT2D eigenvalue weighted by atomic mass is 16.3. The second-order valence-electron chi connectivity index (χ2n) is 5.66. The number of hydrogen-bond acceptors (Lipinski definition) is 3. The molecule has 1 saturated heterocycles. The van der Waals surface area contributed by atoms with Gasteiger partial charge in [-0.1, -0.05) is 31.2 Å². The first kappa shape index (κ1) is 15.0. The van der Waals surface area contributed by atoms with E-state index in [1.54, 1.807) is 0 Å². The topological polar surface area (TPSA) is 52.6 Å². The Balaban J connectivity index is 1.95. The molecule has 110 valence electrons. The number of hydrogen-bond donors (Lipinski definition) is 2. The quantitative estimate of drug-likeness (QED) is 0.857. The summed E-state index contributed by atoms with van der Waals surface area (Å²) in [6.45, 7) is 5.59. The molecule has 4 heteroatoms. The van der Waals surface area contributed by atoms with Gasteiger partial charge in [-0.25, -0.2) is 0 Å². The Hall–Kier alpha value is -1.39. The number of benzene rings is 1. The number of likely N-dealkylation sites (tertiary alicyclic amines) is 1. The third kappa shape index (κ3) is 4.32. The summed E-state index contributed by atoms with van der Waals surface area (Å²) in [5, 5.41) is 11.5. The molecule has 4 nitrogen and oxygen atoms in total. The number of rotatable bonds is 5. The van der Waals surface area contributed by atoms with Gasteiger partial charge in [-0.3, -0.25) is 9.69 Å². The second-order valence-corrected chi connectivity index (χ2v) is 5.66. The van der Waals surface area contributed by atoms with Crippen LogP contribution in [0.2, 0.25) is 0 Å². The van der Waals surface area contributed by atoms with Crippen molar-refractivity contribution < 1.29 is 9.90 Å². The van der Waals surface area contributed by atoms with Crippen molar-refractivity contribution >= 4 is 5.91 Å². The maximum atomic E-state index is 11.2. The van der Waals surface area contributed by atoms with Gasteiger partial charge in [-0.15, -0.1) is 0 Å². The van der Waals surface area contributed by atoms with Gasteiger partial charge < -0.3 is 10.4 Å². The third-order valence-electron chi connectivity index (χ3n) is 4.01. The van der Waals surface area contributed by atoms with Crippen LogP contribution < -0.4 is 5.32 Å². The molecule has 0 bridgehead atoms. The molecule has 1 amide bonds. The van der Waals surface area contributed by atoms with Gasteiger partial charge in [0.2, 0.25) is 5.91 Å². The average molecular weight is 276 g/mol. The Kier molecular flexibility index (Phi) is 5.56. The summed E-state index contributed by atoms with van der Waals surface area (Å²) in [7, 11) is 0. The van der Waals surface area contributed by atoms with E-state index in [9.17, 15) is 4.79 Å². The lowest BCUT2D eigenvalue weighted by Gasteiger charge is -2.30. The maximum absolute atomic E-state index is 11.2. The molecule has 1 heterocycles. The smallest absolute Gasteiger partial charge is 0.245 e. The van der Waals surface area contributed by atoms with E-state index in [0.29, 0.717) is 6.54 Å². The predicted molar refractivity (Wildman–Crippen MR) is 79.0 cm³/mol. The normalized spacial score (nSPS) is 17.1. The number of amides is 1.